The minimum atomic E-state index is -0.535. The zero-order chi connectivity index (χ0) is 19.0. The highest BCUT2D eigenvalue weighted by molar-refractivity contribution is 6.31. The van der Waals surface area contributed by atoms with E-state index in [1.54, 1.807) is 12.1 Å². The van der Waals surface area contributed by atoms with Crippen LogP contribution in [0.5, 0.6) is 0 Å². The van der Waals surface area contributed by atoms with Gasteiger partial charge in [0.15, 0.2) is 5.82 Å². The summed E-state index contributed by atoms with van der Waals surface area (Å²) in [6, 6.07) is 10.2. The highest BCUT2D eigenvalue weighted by Crippen LogP contribution is 2.32. The van der Waals surface area contributed by atoms with Crippen LogP contribution in [-0.2, 0) is 11.2 Å². The number of aromatic nitrogens is 2. The average molecular weight is 390 g/mol. The maximum absolute atomic E-state index is 13.3. The molecule has 1 aromatic heterocycles. The van der Waals surface area contributed by atoms with E-state index in [1.165, 1.54) is 35.2 Å². The summed E-state index contributed by atoms with van der Waals surface area (Å²) in [5.74, 6) is -0.356. The van der Waals surface area contributed by atoms with Crippen LogP contribution in [0.15, 0.2) is 47.0 Å². The third-order valence-corrected chi connectivity index (χ3v) is 4.75. The highest BCUT2D eigenvalue weighted by atomic mass is 35.5. The largest absolute Gasteiger partial charge is 0.339 e. The molecule has 0 bridgehead atoms. The molecular formula is C19H14ClF2N3O2. The summed E-state index contributed by atoms with van der Waals surface area (Å²) >= 11 is 5.81. The Bertz CT molecular complexity index is 991. The van der Waals surface area contributed by atoms with E-state index in [0.29, 0.717) is 30.4 Å². The molecule has 0 N–H and O–H groups in total. The predicted molar refractivity (Wildman–Crippen MR) is 94.6 cm³/mol. The van der Waals surface area contributed by atoms with E-state index in [-0.39, 0.29) is 29.1 Å². The van der Waals surface area contributed by atoms with Gasteiger partial charge in [0.05, 0.1) is 11.4 Å². The molecule has 0 radical (unpaired) electrons. The van der Waals surface area contributed by atoms with Crippen molar-refractivity contribution in [2.75, 3.05) is 11.4 Å². The van der Waals surface area contributed by atoms with Gasteiger partial charge in [-0.3, -0.25) is 4.79 Å². The summed E-state index contributed by atoms with van der Waals surface area (Å²) in [6.07, 6.45) is 0.607. The standard InChI is InChI=1S/C19H14ClF2N3O2/c20-15-9-14(5-6-16(15)22)25-10-12(8-18(25)26)19-23-17(27-24-19)7-11-1-3-13(21)4-2-11/h1-6,9,12H,7-8,10H2. The highest BCUT2D eigenvalue weighted by Gasteiger charge is 2.34. The van der Waals surface area contributed by atoms with Crippen molar-refractivity contribution in [3.63, 3.8) is 0 Å². The summed E-state index contributed by atoms with van der Waals surface area (Å²) < 4.78 is 31.6. The molecule has 138 valence electrons. The number of hydrogen-bond donors (Lipinski definition) is 0. The lowest BCUT2D eigenvalue weighted by molar-refractivity contribution is -0.117. The fourth-order valence-electron chi connectivity index (χ4n) is 3.07. The summed E-state index contributed by atoms with van der Waals surface area (Å²) in [5.41, 5.74) is 1.38. The molecule has 3 aromatic rings. The van der Waals surface area contributed by atoms with Gasteiger partial charge in [-0.25, -0.2) is 8.78 Å². The van der Waals surface area contributed by atoms with Crippen LogP contribution in [0.3, 0.4) is 0 Å². The Morgan fingerprint density at radius 2 is 1.96 bits per heavy atom. The van der Waals surface area contributed by atoms with Crippen molar-refractivity contribution in [1.82, 2.24) is 10.1 Å². The fraction of sp³-hybridized carbons (Fsp3) is 0.211. The van der Waals surface area contributed by atoms with Crippen LogP contribution in [0.1, 0.15) is 29.6 Å². The van der Waals surface area contributed by atoms with Gasteiger partial charge in [-0.2, -0.15) is 4.98 Å². The lowest BCUT2D eigenvalue weighted by atomic mass is 10.1. The molecule has 0 aliphatic carbocycles. The number of hydrogen-bond acceptors (Lipinski definition) is 4. The Hall–Kier alpha value is -2.80. The Kier molecular flexibility index (Phi) is 4.61. The molecule has 1 amide bonds. The number of carbonyl (C=O) groups is 1. The third kappa shape index (κ3) is 3.68. The number of amides is 1. The van der Waals surface area contributed by atoms with E-state index in [1.807, 2.05) is 0 Å². The molecule has 5 nitrogen and oxygen atoms in total. The first-order valence-electron chi connectivity index (χ1n) is 8.32. The number of rotatable bonds is 4. The number of nitrogens with zero attached hydrogens (tertiary/aromatic N) is 3. The normalized spacial score (nSPS) is 16.9. The molecule has 1 atom stereocenters. The average Bonchev–Trinajstić information content (AvgIpc) is 3.26. The van der Waals surface area contributed by atoms with Crippen molar-refractivity contribution in [3.05, 3.63) is 76.4 Å². The Balaban J connectivity index is 1.48. The topological polar surface area (TPSA) is 59.2 Å². The van der Waals surface area contributed by atoms with E-state index in [9.17, 15) is 13.6 Å². The summed E-state index contributed by atoms with van der Waals surface area (Å²) in [7, 11) is 0. The van der Waals surface area contributed by atoms with Gasteiger partial charge in [-0.15, -0.1) is 0 Å². The van der Waals surface area contributed by atoms with Gasteiger partial charge >= 0.3 is 0 Å². The summed E-state index contributed by atoms with van der Waals surface area (Å²) in [6.45, 7) is 0.357. The number of halogens is 3. The van der Waals surface area contributed by atoms with Crippen LogP contribution in [0.2, 0.25) is 5.02 Å². The van der Waals surface area contributed by atoms with Gasteiger partial charge < -0.3 is 9.42 Å². The Morgan fingerprint density at radius 3 is 2.70 bits per heavy atom. The molecule has 1 saturated heterocycles. The van der Waals surface area contributed by atoms with E-state index in [4.69, 9.17) is 16.1 Å². The van der Waals surface area contributed by atoms with Gasteiger partial charge in [-0.05, 0) is 35.9 Å². The number of anilines is 1. The molecule has 1 aliphatic rings. The van der Waals surface area contributed by atoms with E-state index in [0.717, 1.165) is 5.56 Å². The molecule has 0 saturated carbocycles. The smallest absolute Gasteiger partial charge is 0.231 e. The molecule has 2 heterocycles. The molecule has 4 rings (SSSR count). The molecule has 1 aliphatic heterocycles. The van der Waals surface area contributed by atoms with Crippen molar-refractivity contribution in [2.24, 2.45) is 0 Å². The van der Waals surface area contributed by atoms with Crippen LogP contribution in [0.25, 0.3) is 0 Å². The van der Waals surface area contributed by atoms with E-state index >= 15 is 0 Å². The van der Waals surface area contributed by atoms with Crippen LogP contribution < -0.4 is 4.90 Å². The molecule has 0 spiro atoms. The third-order valence-electron chi connectivity index (χ3n) is 4.46. The molecule has 2 aromatic carbocycles. The zero-order valence-corrected chi connectivity index (χ0v) is 14.8. The second kappa shape index (κ2) is 7.08. The predicted octanol–water partition coefficient (Wildman–Crippen LogP) is 4.11. The summed E-state index contributed by atoms with van der Waals surface area (Å²) in [4.78, 5) is 18.3. The maximum Gasteiger partial charge on any atom is 0.231 e. The lowest BCUT2D eigenvalue weighted by Gasteiger charge is -2.16. The monoisotopic (exact) mass is 389 g/mol. The van der Waals surface area contributed by atoms with Crippen molar-refractivity contribution in [1.29, 1.82) is 0 Å². The fourth-order valence-corrected chi connectivity index (χ4v) is 3.24. The van der Waals surface area contributed by atoms with Gasteiger partial charge in [0, 0.05) is 24.6 Å². The second-order valence-electron chi connectivity index (χ2n) is 6.35. The van der Waals surface area contributed by atoms with Crippen molar-refractivity contribution >= 4 is 23.2 Å². The maximum atomic E-state index is 13.3. The second-order valence-corrected chi connectivity index (χ2v) is 6.76. The number of benzene rings is 2. The van der Waals surface area contributed by atoms with Gasteiger partial charge in [0.2, 0.25) is 11.8 Å². The zero-order valence-electron chi connectivity index (χ0n) is 14.0. The van der Waals surface area contributed by atoms with Crippen molar-refractivity contribution in [2.45, 2.75) is 18.8 Å². The van der Waals surface area contributed by atoms with Crippen LogP contribution in [0, 0.1) is 11.6 Å². The Morgan fingerprint density at radius 1 is 1.19 bits per heavy atom. The van der Waals surface area contributed by atoms with Gasteiger partial charge in [0.1, 0.15) is 11.6 Å². The van der Waals surface area contributed by atoms with Crippen LogP contribution in [-0.4, -0.2) is 22.6 Å². The first kappa shape index (κ1) is 17.6. The van der Waals surface area contributed by atoms with Crippen molar-refractivity contribution < 1.29 is 18.1 Å². The lowest BCUT2D eigenvalue weighted by Crippen LogP contribution is -2.24. The molecule has 1 unspecified atom stereocenters. The first-order valence-corrected chi connectivity index (χ1v) is 8.70. The van der Waals surface area contributed by atoms with Crippen molar-refractivity contribution in [3.8, 4) is 0 Å². The van der Waals surface area contributed by atoms with Crippen LogP contribution >= 0.6 is 11.6 Å². The molecule has 1 fully saturated rings. The molecule has 27 heavy (non-hydrogen) atoms. The van der Waals surface area contributed by atoms with E-state index < -0.39 is 5.82 Å². The van der Waals surface area contributed by atoms with Gasteiger partial charge in [-0.1, -0.05) is 28.9 Å². The number of carbonyl (C=O) groups excluding carboxylic acids is 1. The van der Waals surface area contributed by atoms with E-state index in [2.05, 4.69) is 10.1 Å². The minimum Gasteiger partial charge on any atom is -0.339 e. The summed E-state index contributed by atoms with van der Waals surface area (Å²) in [5, 5.41) is 3.94. The first-order chi connectivity index (χ1) is 13.0. The SMILES string of the molecule is O=C1CC(c2noc(Cc3ccc(F)cc3)n2)CN1c1ccc(F)c(Cl)c1. The van der Waals surface area contributed by atoms with Gasteiger partial charge in [0.25, 0.3) is 0 Å². The molecular weight excluding hydrogens is 376 g/mol. The van der Waals surface area contributed by atoms with Crippen LogP contribution in [0.4, 0.5) is 14.5 Å². The molecule has 8 heteroatoms. The minimum absolute atomic E-state index is 0.0371. The Labute approximate surface area is 158 Å². The quantitative estimate of drug-likeness (QED) is 0.673.